The van der Waals surface area contributed by atoms with E-state index >= 15 is 0 Å². The molecule has 2 aromatic rings. The Kier molecular flexibility index (Phi) is 3.50. The van der Waals surface area contributed by atoms with Crippen LogP contribution < -0.4 is 5.73 Å². The van der Waals surface area contributed by atoms with Crippen LogP contribution in [-0.4, -0.2) is 25.4 Å². The Morgan fingerprint density at radius 3 is 3.05 bits per heavy atom. The number of ether oxygens (including phenoxy) is 2. The van der Waals surface area contributed by atoms with Crippen LogP contribution in [0.5, 0.6) is 0 Å². The van der Waals surface area contributed by atoms with Gasteiger partial charge in [-0.2, -0.15) is 0 Å². The molecule has 3 nitrogen and oxygen atoms in total. The maximum atomic E-state index is 6.64. The van der Waals surface area contributed by atoms with Crippen LogP contribution in [-0.2, 0) is 9.47 Å². The van der Waals surface area contributed by atoms with Gasteiger partial charge in [0.1, 0.15) is 0 Å². The van der Waals surface area contributed by atoms with Crippen LogP contribution in [0.2, 0.25) is 0 Å². The Morgan fingerprint density at radius 1 is 1.29 bits per heavy atom. The molecule has 0 bridgehead atoms. The van der Waals surface area contributed by atoms with E-state index in [0.29, 0.717) is 5.92 Å². The normalized spacial score (nSPS) is 31.0. The Labute approximate surface area is 129 Å². The van der Waals surface area contributed by atoms with E-state index in [9.17, 15) is 0 Å². The first-order valence-electron chi connectivity index (χ1n) is 7.71. The molecule has 112 valence electrons. The third-order valence-corrected chi connectivity index (χ3v) is 5.96. The van der Waals surface area contributed by atoms with Crippen LogP contribution in [0.1, 0.15) is 30.9 Å². The quantitative estimate of drug-likeness (QED) is 0.923. The lowest BCUT2D eigenvalue weighted by atomic mass is 9.79. The van der Waals surface area contributed by atoms with Crippen molar-refractivity contribution in [2.45, 2.75) is 30.9 Å². The monoisotopic (exact) mass is 303 g/mol. The zero-order valence-electron chi connectivity index (χ0n) is 12.1. The van der Waals surface area contributed by atoms with E-state index in [2.05, 4.69) is 29.6 Å². The summed E-state index contributed by atoms with van der Waals surface area (Å²) in [5.74, 6) is 0.485. The smallest absolute Gasteiger partial charge is 0.0940 e. The lowest BCUT2D eigenvalue weighted by molar-refractivity contribution is -0.101. The number of nitrogens with two attached hydrogens (primary N) is 1. The van der Waals surface area contributed by atoms with Crippen LogP contribution in [0.3, 0.4) is 0 Å². The molecule has 0 amide bonds. The molecule has 4 rings (SSSR count). The van der Waals surface area contributed by atoms with Crippen molar-refractivity contribution in [1.29, 1.82) is 0 Å². The van der Waals surface area contributed by atoms with E-state index in [4.69, 9.17) is 15.2 Å². The van der Waals surface area contributed by atoms with Gasteiger partial charge in [0.05, 0.1) is 12.2 Å². The van der Waals surface area contributed by atoms with Gasteiger partial charge >= 0.3 is 0 Å². The van der Waals surface area contributed by atoms with E-state index < -0.39 is 0 Å². The minimum absolute atomic E-state index is 0.0631. The summed E-state index contributed by atoms with van der Waals surface area (Å²) in [6, 6.07) is 8.65. The van der Waals surface area contributed by atoms with E-state index in [1.165, 1.54) is 15.6 Å². The molecule has 1 spiro atoms. The van der Waals surface area contributed by atoms with E-state index in [1.807, 2.05) is 0 Å². The maximum absolute atomic E-state index is 6.64. The van der Waals surface area contributed by atoms with Gasteiger partial charge in [-0.05, 0) is 41.2 Å². The lowest BCUT2D eigenvalue weighted by Gasteiger charge is -2.39. The van der Waals surface area contributed by atoms with Crippen LogP contribution in [0.15, 0.2) is 29.6 Å². The number of hydrogen-bond donors (Lipinski definition) is 1. The number of thiophene rings is 1. The second-order valence-electron chi connectivity index (χ2n) is 6.30. The van der Waals surface area contributed by atoms with Crippen LogP contribution in [0.25, 0.3) is 10.1 Å². The molecule has 0 aliphatic carbocycles. The molecule has 4 heteroatoms. The lowest BCUT2D eigenvalue weighted by Crippen LogP contribution is -2.43. The zero-order valence-corrected chi connectivity index (χ0v) is 12.9. The molecular weight excluding hydrogens is 282 g/mol. The fourth-order valence-electron chi connectivity index (χ4n) is 3.75. The van der Waals surface area contributed by atoms with E-state index in [-0.39, 0.29) is 11.6 Å². The van der Waals surface area contributed by atoms with Gasteiger partial charge in [0.2, 0.25) is 0 Å². The summed E-state index contributed by atoms with van der Waals surface area (Å²) in [6.07, 6.45) is 3.09. The fourth-order valence-corrected chi connectivity index (χ4v) is 4.75. The third kappa shape index (κ3) is 2.40. The average Bonchev–Trinajstić information content (AvgIpc) is 3.14. The van der Waals surface area contributed by atoms with Gasteiger partial charge in [0.15, 0.2) is 0 Å². The molecule has 1 aromatic carbocycles. The number of hydrogen-bond acceptors (Lipinski definition) is 4. The second-order valence-corrected chi connectivity index (χ2v) is 7.21. The van der Waals surface area contributed by atoms with Crippen LogP contribution >= 0.6 is 11.3 Å². The predicted octanol–water partition coefficient (Wildman–Crippen LogP) is 3.49. The molecular formula is C17H21NO2S. The van der Waals surface area contributed by atoms with Crippen molar-refractivity contribution >= 4 is 21.4 Å². The molecule has 2 aliphatic rings. The third-order valence-electron chi connectivity index (χ3n) is 4.98. The highest BCUT2D eigenvalue weighted by Gasteiger charge is 2.42. The molecule has 2 fully saturated rings. The Bertz CT molecular complexity index is 633. The van der Waals surface area contributed by atoms with Gasteiger partial charge in [-0.15, -0.1) is 11.3 Å². The van der Waals surface area contributed by atoms with Gasteiger partial charge < -0.3 is 15.2 Å². The summed E-state index contributed by atoms with van der Waals surface area (Å²) in [5, 5.41) is 3.56. The van der Waals surface area contributed by atoms with Gasteiger partial charge in [-0.1, -0.05) is 18.2 Å². The molecule has 21 heavy (non-hydrogen) atoms. The molecule has 0 radical (unpaired) electrons. The average molecular weight is 303 g/mol. The summed E-state index contributed by atoms with van der Waals surface area (Å²) in [4.78, 5) is 0. The van der Waals surface area contributed by atoms with Crippen molar-refractivity contribution in [3.63, 3.8) is 0 Å². The first kappa shape index (κ1) is 13.7. The van der Waals surface area contributed by atoms with Gasteiger partial charge in [0, 0.05) is 30.4 Å². The standard InChI is InChI=1S/C17H21NO2S/c18-16(14-10-21-15-4-2-1-3-13(14)15)12-5-7-20-17(9-12)6-8-19-11-17/h1-4,10,12,16H,5-9,11,18H2. The Balaban J connectivity index is 1.60. The predicted molar refractivity (Wildman–Crippen MR) is 85.6 cm³/mol. The molecule has 2 saturated heterocycles. The first-order valence-corrected chi connectivity index (χ1v) is 8.59. The molecule has 2 aliphatic heterocycles. The van der Waals surface area contributed by atoms with E-state index in [0.717, 1.165) is 39.1 Å². The number of fused-ring (bicyclic) bond motifs is 1. The highest BCUT2D eigenvalue weighted by Crippen LogP contribution is 2.42. The maximum Gasteiger partial charge on any atom is 0.0940 e. The van der Waals surface area contributed by atoms with Gasteiger partial charge in [-0.3, -0.25) is 0 Å². The number of rotatable bonds is 2. The first-order chi connectivity index (χ1) is 10.3. The van der Waals surface area contributed by atoms with Gasteiger partial charge in [-0.25, -0.2) is 0 Å². The molecule has 3 atom stereocenters. The molecule has 3 heterocycles. The Hall–Kier alpha value is -0.940. The van der Waals surface area contributed by atoms with Crippen molar-refractivity contribution < 1.29 is 9.47 Å². The fraction of sp³-hybridized carbons (Fsp3) is 0.529. The van der Waals surface area contributed by atoms with Crippen LogP contribution in [0, 0.1) is 5.92 Å². The minimum Gasteiger partial charge on any atom is -0.378 e. The molecule has 0 saturated carbocycles. The highest BCUT2D eigenvalue weighted by molar-refractivity contribution is 7.17. The zero-order chi connectivity index (χ0) is 14.3. The molecule has 1 aromatic heterocycles. The SMILES string of the molecule is NC(c1csc2ccccc12)C1CCOC2(CCOC2)C1. The summed E-state index contributed by atoms with van der Waals surface area (Å²) >= 11 is 1.79. The van der Waals surface area contributed by atoms with Crippen molar-refractivity contribution in [1.82, 2.24) is 0 Å². The summed E-state index contributed by atoms with van der Waals surface area (Å²) in [5.41, 5.74) is 7.88. The summed E-state index contributed by atoms with van der Waals surface area (Å²) < 4.78 is 12.9. The van der Waals surface area contributed by atoms with Crippen molar-refractivity contribution in [2.75, 3.05) is 19.8 Å². The van der Waals surface area contributed by atoms with Gasteiger partial charge in [0.25, 0.3) is 0 Å². The molecule has 3 unspecified atom stereocenters. The van der Waals surface area contributed by atoms with E-state index in [1.54, 1.807) is 11.3 Å². The topological polar surface area (TPSA) is 44.5 Å². The van der Waals surface area contributed by atoms with Crippen LogP contribution in [0.4, 0.5) is 0 Å². The van der Waals surface area contributed by atoms with Crippen molar-refractivity contribution in [3.8, 4) is 0 Å². The largest absolute Gasteiger partial charge is 0.378 e. The minimum atomic E-state index is -0.0631. The Morgan fingerprint density at radius 2 is 2.19 bits per heavy atom. The van der Waals surface area contributed by atoms with Crippen molar-refractivity contribution in [2.24, 2.45) is 11.7 Å². The molecule has 2 N–H and O–H groups in total. The summed E-state index contributed by atoms with van der Waals surface area (Å²) in [7, 11) is 0. The second kappa shape index (κ2) is 5.36. The van der Waals surface area contributed by atoms with Crippen molar-refractivity contribution in [3.05, 3.63) is 35.2 Å². The summed E-state index contributed by atoms with van der Waals surface area (Å²) in [6.45, 7) is 2.37. The highest BCUT2D eigenvalue weighted by atomic mass is 32.1. The number of benzene rings is 1.